The Hall–Kier alpha value is -3.73. The number of rotatable bonds is 5. The summed E-state index contributed by atoms with van der Waals surface area (Å²) in [5.41, 5.74) is 5.28. The summed E-state index contributed by atoms with van der Waals surface area (Å²) in [6.45, 7) is 5.10. The van der Waals surface area contributed by atoms with Crippen molar-refractivity contribution < 1.29 is 0 Å². The van der Waals surface area contributed by atoms with Crippen LogP contribution in [0.5, 0.6) is 0 Å². The molecule has 0 bridgehead atoms. The van der Waals surface area contributed by atoms with Crippen molar-refractivity contribution in [3.63, 3.8) is 0 Å². The van der Waals surface area contributed by atoms with Gasteiger partial charge in [0.1, 0.15) is 11.5 Å². The number of fused-ring (bicyclic) bond motifs is 2. The topological polar surface area (TPSA) is 55.1 Å². The van der Waals surface area contributed by atoms with E-state index in [1.807, 2.05) is 34.9 Å². The fraction of sp³-hybridized carbons (Fsp3) is 0.160. The Kier molecular flexibility index (Phi) is 4.64. The maximum atomic E-state index is 4.93. The molecule has 3 aromatic heterocycles. The van der Waals surface area contributed by atoms with Crippen molar-refractivity contribution in [3.05, 3.63) is 90.4 Å². The molecule has 0 radical (unpaired) electrons. The average molecular weight is 393 g/mol. The summed E-state index contributed by atoms with van der Waals surface area (Å²) in [5.74, 6) is 1.95. The molecule has 0 aliphatic carbocycles. The lowest BCUT2D eigenvalue weighted by molar-refractivity contribution is 0.802. The van der Waals surface area contributed by atoms with Gasteiger partial charge in [-0.25, -0.2) is 15.0 Å². The Morgan fingerprint density at radius 3 is 2.67 bits per heavy atom. The van der Waals surface area contributed by atoms with Crippen molar-refractivity contribution in [2.24, 2.45) is 0 Å². The number of benzene rings is 2. The van der Waals surface area contributed by atoms with Crippen LogP contribution in [0.25, 0.3) is 27.9 Å². The standard InChI is InChI=1S/C25H23N5/c1-17-14-23-26-12-13-30(23)16-21(17)25-28-22-11-7-6-10-20(22)24(29-25)27-15-18(2)19-8-4-3-5-9-19/h3-14,16,18H,15H2,1-2H3,(H,27,28,29). The predicted octanol–water partition coefficient (Wildman–Crippen LogP) is 5.47. The zero-order chi connectivity index (χ0) is 20.5. The molecule has 5 rings (SSSR count). The van der Waals surface area contributed by atoms with Gasteiger partial charge >= 0.3 is 0 Å². The first-order chi connectivity index (χ1) is 14.7. The first-order valence-electron chi connectivity index (χ1n) is 10.2. The van der Waals surface area contributed by atoms with Gasteiger partial charge in [0.15, 0.2) is 5.82 Å². The summed E-state index contributed by atoms with van der Waals surface area (Å²) >= 11 is 0. The predicted molar refractivity (Wildman–Crippen MR) is 122 cm³/mol. The van der Waals surface area contributed by atoms with Crippen LogP contribution in [0.3, 0.4) is 0 Å². The minimum Gasteiger partial charge on any atom is -0.369 e. The Morgan fingerprint density at radius 2 is 1.80 bits per heavy atom. The molecule has 148 valence electrons. The molecule has 0 amide bonds. The van der Waals surface area contributed by atoms with Crippen LogP contribution in [0.2, 0.25) is 0 Å². The number of nitrogens with zero attached hydrogens (tertiary/aromatic N) is 4. The van der Waals surface area contributed by atoms with Gasteiger partial charge in [0.25, 0.3) is 0 Å². The summed E-state index contributed by atoms with van der Waals surface area (Å²) in [6.07, 6.45) is 5.80. The molecular formula is C25H23N5. The van der Waals surface area contributed by atoms with Crippen LogP contribution in [0.15, 0.2) is 79.3 Å². The molecule has 0 saturated heterocycles. The van der Waals surface area contributed by atoms with E-state index in [4.69, 9.17) is 9.97 Å². The van der Waals surface area contributed by atoms with E-state index < -0.39 is 0 Å². The van der Waals surface area contributed by atoms with Gasteiger partial charge in [-0.2, -0.15) is 0 Å². The number of hydrogen-bond donors (Lipinski definition) is 1. The second-order valence-corrected chi connectivity index (χ2v) is 7.67. The Labute approximate surface area is 175 Å². The number of aromatic nitrogens is 4. The number of hydrogen-bond acceptors (Lipinski definition) is 4. The molecule has 2 aromatic carbocycles. The Morgan fingerprint density at radius 1 is 1.00 bits per heavy atom. The molecule has 1 atom stereocenters. The number of anilines is 1. The van der Waals surface area contributed by atoms with Gasteiger partial charge in [0.05, 0.1) is 5.52 Å². The summed E-state index contributed by atoms with van der Waals surface area (Å²) in [4.78, 5) is 14.2. The van der Waals surface area contributed by atoms with Crippen molar-refractivity contribution in [3.8, 4) is 11.4 Å². The van der Waals surface area contributed by atoms with Crippen molar-refractivity contribution >= 4 is 22.4 Å². The molecule has 30 heavy (non-hydrogen) atoms. The summed E-state index contributed by atoms with van der Waals surface area (Å²) < 4.78 is 2.01. The van der Waals surface area contributed by atoms with Crippen LogP contribution < -0.4 is 5.32 Å². The molecule has 5 aromatic rings. The summed E-state index contributed by atoms with van der Waals surface area (Å²) in [7, 11) is 0. The maximum Gasteiger partial charge on any atom is 0.163 e. The molecule has 5 nitrogen and oxygen atoms in total. The van der Waals surface area contributed by atoms with Gasteiger partial charge in [-0.3, -0.25) is 0 Å². The number of aryl methyl sites for hydroxylation is 1. The van der Waals surface area contributed by atoms with Crippen LogP contribution in [-0.2, 0) is 0 Å². The minimum atomic E-state index is 0.368. The zero-order valence-corrected chi connectivity index (χ0v) is 17.1. The van der Waals surface area contributed by atoms with E-state index in [0.29, 0.717) is 5.92 Å². The lowest BCUT2D eigenvalue weighted by Gasteiger charge is -2.16. The number of imidazole rings is 1. The lowest BCUT2D eigenvalue weighted by atomic mass is 10.0. The van der Waals surface area contributed by atoms with Crippen molar-refractivity contribution in [1.82, 2.24) is 19.4 Å². The fourth-order valence-electron chi connectivity index (χ4n) is 3.77. The second-order valence-electron chi connectivity index (χ2n) is 7.67. The van der Waals surface area contributed by atoms with Gasteiger partial charge in [-0.05, 0) is 42.2 Å². The zero-order valence-electron chi connectivity index (χ0n) is 17.1. The fourth-order valence-corrected chi connectivity index (χ4v) is 3.77. The molecule has 1 unspecified atom stereocenters. The highest BCUT2D eigenvalue weighted by Crippen LogP contribution is 2.28. The van der Waals surface area contributed by atoms with Crippen molar-refractivity contribution in [2.45, 2.75) is 19.8 Å². The molecule has 0 fully saturated rings. The van der Waals surface area contributed by atoms with Crippen LogP contribution in [-0.4, -0.2) is 25.9 Å². The molecule has 0 aliphatic rings. The van der Waals surface area contributed by atoms with Gasteiger partial charge in [0, 0.05) is 36.1 Å². The highest BCUT2D eigenvalue weighted by atomic mass is 15.0. The molecule has 0 spiro atoms. The van der Waals surface area contributed by atoms with Crippen molar-refractivity contribution in [2.75, 3.05) is 11.9 Å². The minimum absolute atomic E-state index is 0.368. The summed E-state index contributed by atoms with van der Waals surface area (Å²) in [6, 6.07) is 20.8. The third-order valence-electron chi connectivity index (χ3n) is 5.53. The van der Waals surface area contributed by atoms with Crippen LogP contribution in [0, 0.1) is 6.92 Å². The van der Waals surface area contributed by atoms with Crippen LogP contribution in [0.1, 0.15) is 24.0 Å². The Balaban J connectivity index is 1.55. The number of nitrogens with one attached hydrogen (secondary N) is 1. The van der Waals surface area contributed by atoms with Gasteiger partial charge < -0.3 is 9.72 Å². The van der Waals surface area contributed by atoms with Gasteiger partial charge in [-0.1, -0.05) is 49.4 Å². The van der Waals surface area contributed by atoms with E-state index >= 15 is 0 Å². The lowest BCUT2D eigenvalue weighted by Crippen LogP contribution is -2.12. The van der Waals surface area contributed by atoms with E-state index in [-0.39, 0.29) is 0 Å². The first-order valence-corrected chi connectivity index (χ1v) is 10.2. The largest absolute Gasteiger partial charge is 0.369 e. The van der Waals surface area contributed by atoms with E-state index in [1.54, 1.807) is 6.20 Å². The molecule has 3 heterocycles. The van der Waals surface area contributed by atoms with Crippen LogP contribution in [0.4, 0.5) is 5.82 Å². The molecule has 0 aliphatic heterocycles. The molecular weight excluding hydrogens is 370 g/mol. The normalized spacial score (nSPS) is 12.3. The van der Waals surface area contributed by atoms with Gasteiger partial charge in [0.2, 0.25) is 0 Å². The highest BCUT2D eigenvalue weighted by Gasteiger charge is 2.13. The quantitative estimate of drug-likeness (QED) is 0.430. The highest BCUT2D eigenvalue weighted by molar-refractivity contribution is 5.90. The summed E-state index contributed by atoms with van der Waals surface area (Å²) in [5, 5.41) is 4.61. The average Bonchev–Trinajstić information content (AvgIpc) is 3.24. The maximum absolute atomic E-state index is 4.93. The van der Waals surface area contributed by atoms with E-state index in [2.05, 4.69) is 66.7 Å². The third kappa shape index (κ3) is 3.39. The van der Waals surface area contributed by atoms with E-state index in [0.717, 1.165) is 45.9 Å². The second kappa shape index (κ2) is 7.59. The third-order valence-corrected chi connectivity index (χ3v) is 5.53. The number of para-hydroxylation sites is 1. The monoisotopic (exact) mass is 393 g/mol. The number of pyridine rings is 1. The van der Waals surface area contributed by atoms with E-state index in [1.165, 1.54) is 5.56 Å². The Bertz CT molecular complexity index is 1320. The van der Waals surface area contributed by atoms with Crippen molar-refractivity contribution in [1.29, 1.82) is 0 Å². The van der Waals surface area contributed by atoms with E-state index in [9.17, 15) is 0 Å². The molecule has 0 saturated carbocycles. The first kappa shape index (κ1) is 18.3. The SMILES string of the molecule is Cc1cc2nccn2cc1-c1nc(NCC(C)c2ccccc2)c2ccccc2n1. The van der Waals surface area contributed by atoms with Crippen LogP contribution >= 0.6 is 0 Å². The molecule has 5 heteroatoms. The smallest absolute Gasteiger partial charge is 0.163 e. The van der Waals surface area contributed by atoms with Gasteiger partial charge in [-0.15, -0.1) is 0 Å². The molecule has 1 N–H and O–H groups in total.